The maximum Gasteiger partial charge on any atom is 0.409 e. The number of benzene rings is 1. The van der Waals surface area contributed by atoms with Crippen LogP contribution in [0.5, 0.6) is 11.5 Å². The third kappa shape index (κ3) is 4.58. The number of likely N-dealkylation sites (tertiary alicyclic amines) is 2. The van der Waals surface area contributed by atoms with Crippen molar-refractivity contribution in [2.24, 2.45) is 0 Å². The summed E-state index contributed by atoms with van der Waals surface area (Å²) in [5.74, 6) is -0.782. The number of Topliss-reactive ketones (excluding diaryl/α,β-unsaturated/α-hetero) is 1. The largest absolute Gasteiger partial charge is 0.507 e. The van der Waals surface area contributed by atoms with E-state index in [0.29, 0.717) is 49.6 Å². The molecule has 3 heterocycles. The molecule has 0 spiro atoms. The summed E-state index contributed by atoms with van der Waals surface area (Å²) in [6.45, 7) is 2.88. The summed E-state index contributed by atoms with van der Waals surface area (Å²) in [6, 6.07) is 7.54. The Hall–Kier alpha value is -3.53. The number of ether oxygens (including phenoxy) is 3. The van der Waals surface area contributed by atoms with Crippen molar-refractivity contribution in [1.29, 1.82) is 0 Å². The number of thiophene rings is 1. The molecule has 4 rings (SSSR count). The van der Waals surface area contributed by atoms with Crippen LogP contribution in [0.15, 0.2) is 41.3 Å². The molecule has 2 amide bonds. The highest BCUT2D eigenvalue weighted by molar-refractivity contribution is 7.10. The van der Waals surface area contributed by atoms with E-state index in [9.17, 15) is 19.5 Å². The highest BCUT2D eigenvalue weighted by Gasteiger charge is 2.49. The second kappa shape index (κ2) is 10.4. The Balaban J connectivity index is 1.71. The second-order valence-electron chi connectivity index (χ2n) is 8.21. The van der Waals surface area contributed by atoms with Crippen molar-refractivity contribution in [2.45, 2.75) is 31.8 Å². The summed E-state index contributed by atoms with van der Waals surface area (Å²) in [5, 5.41) is 13.1. The molecule has 0 aliphatic carbocycles. The lowest BCUT2D eigenvalue weighted by atomic mass is 9.97. The van der Waals surface area contributed by atoms with Crippen LogP contribution in [-0.4, -0.2) is 72.6 Å². The fourth-order valence-corrected chi connectivity index (χ4v) is 5.46. The van der Waals surface area contributed by atoms with Crippen molar-refractivity contribution in [2.75, 3.05) is 33.9 Å². The molecule has 9 nitrogen and oxygen atoms in total. The number of hydrogen-bond acceptors (Lipinski definition) is 8. The van der Waals surface area contributed by atoms with Gasteiger partial charge >= 0.3 is 6.09 Å². The molecule has 1 aromatic heterocycles. The number of hydrogen-bond donors (Lipinski definition) is 1. The van der Waals surface area contributed by atoms with Crippen LogP contribution >= 0.6 is 11.3 Å². The van der Waals surface area contributed by atoms with E-state index in [1.807, 2.05) is 17.5 Å². The highest BCUT2D eigenvalue weighted by Crippen LogP contribution is 2.44. The second-order valence-corrected chi connectivity index (χ2v) is 9.19. The number of aliphatic hydroxyl groups is 1. The summed E-state index contributed by atoms with van der Waals surface area (Å²) >= 11 is 1.41. The monoisotopic (exact) mass is 500 g/mol. The summed E-state index contributed by atoms with van der Waals surface area (Å²) in [6.07, 6.45) is 0.630. The van der Waals surface area contributed by atoms with Gasteiger partial charge in [-0.05, 0) is 49.4 Å². The van der Waals surface area contributed by atoms with E-state index in [1.54, 1.807) is 34.9 Å². The zero-order valence-corrected chi connectivity index (χ0v) is 20.7. The standard InChI is InChI=1S/C25H28N2O7S/c1-4-34-25(31)26-11-9-16(10-12-26)27-21(19-6-5-13-35-19)20(23(29)24(27)30)22(28)15-7-8-17(32-2)18(14-15)33-3/h5-8,13-14,16,21,28H,4,9-12H2,1-3H3/b22-20-. The Kier molecular flexibility index (Phi) is 7.30. The van der Waals surface area contributed by atoms with Crippen molar-refractivity contribution in [3.05, 3.63) is 51.7 Å². The first-order chi connectivity index (χ1) is 16.9. The number of ketones is 1. The minimum absolute atomic E-state index is 0.0393. The molecule has 35 heavy (non-hydrogen) atoms. The predicted molar refractivity (Wildman–Crippen MR) is 130 cm³/mol. The Morgan fingerprint density at radius 2 is 1.83 bits per heavy atom. The Labute approximate surface area is 207 Å². The molecule has 2 fully saturated rings. The van der Waals surface area contributed by atoms with Gasteiger partial charge < -0.3 is 29.1 Å². The van der Waals surface area contributed by atoms with E-state index >= 15 is 0 Å². The normalized spacial score (nSPS) is 20.3. The van der Waals surface area contributed by atoms with E-state index < -0.39 is 17.7 Å². The van der Waals surface area contributed by atoms with Crippen molar-refractivity contribution in [1.82, 2.24) is 9.80 Å². The molecule has 0 bridgehead atoms. The fourth-order valence-electron chi connectivity index (χ4n) is 4.63. The van der Waals surface area contributed by atoms with Crippen LogP contribution in [-0.2, 0) is 14.3 Å². The van der Waals surface area contributed by atoms with E-state index in [-0.39, 0.29) is 23.5 Å². The average Bonchev–Trinajstić information content (AvgIpc) is 3.50. The zero-order valence-electron chi connectivity index (χ0n) is 19.9. The molecule has 2 saturated heterocycles. The van der Waals surface area contributed by atoms with E-state index in [4.69, 9.17) is 14.2 Å². The van der Waals surface area contributed by atoms with Gasteiger partial charge in [0.25, 0.3) is 11.7 Å². The van der Waals surface area contributed by atoms with Crippen molar-refractivity contribution in [3.63, 3.8) is 0 Å². The van der Waals surface area contributed by atoms with Gasteiger partial charge in [-0.3, -0.25) is 9.59 Å². The molecule has 1 unspecified atom stereocenters. The lowest BCUT2D eigenvalue weighted by Crippen LogP contribution is -2.48. The number of aliphatic hydroxyl groups excluding tert-OH is 1. The molecule has 0 radical (unpaired) electrons. The molecule has 2 aliphatic rings. The van der Waals surface area contributed by atoms with Crippen molar-refractivity contribution in [3.8, 4) is 11.5 Å². The molecule has 1 aromatic carbocycles. The lowest BCUT2D eigenvalue weighted by molar-refractivity contribution is -0.142. The zero-order chi connectivity index (χ0) is 25.1. The number of methoxy groups -OCH3 is 2. The van der Waals surface area contributed by atoms with Crippen LogP contribution < -0.4 is 9.47 Å². The van der Waals surface area contributed by atoms with Crippen molar-refractivity contribution >= 4 is 34.9 Å². The number of carbonyl (C=O) groups excluding carboxylic acids is 3. The van der Waals surface area contributed by atoms with Gasteiger partial charge in [0.05, 0.1) is 32.4 Å². The molecule has 2 aromatic rings. The molecule has 2 aliphatic heterocycles. The molecule has 1 N–H and O–H groups in total. The Morgan fingerprint density at radius 1 is 1.11 bits per heavy atom. The smallest absolute Gasteiger partial charge is 0.409 e. The maximum absolute atomic E-state index is 13.3. The van der Waals surface area contributed by atoms with Gasteiger partial charge in [0.1, 0.15) is 5.76 Å². The first kappa shape index (κ1) is 24.6. The average molecular weight is 501 g/mol. The lowest BCUT2D eigenvalue weighted by Gasteiger charge is -2.38. The summed E-state index contributed by atoms with van der Waals surface area (Å²) in [7, 11) is 2.99. The summed E-state index contributed by atoms with van der Waals surface area (Å²) in [5.41, 5.74) is 0.386. The topological polar surface area (TPSA) is 106 Å². The molecule has 0 saturated carbocycles. The maximum atomic E-state index is 13.3. The number of amides is 2. The SMILES string of the molecule is CCOC(=O)N1CCC(N2C(=O)C(=O)/C(=C(\O)c3ccc(OC)c(OC)c3)C2c2cccs2)CC1. The van der Waals surface area contributed by atoms with Gasteiger partial charge in [-0.15, -0.1) is 11.3 Å². The number of piperidine rings is 1. The molecular weight excluding hydrogens is 472 g/mol. The summed E-state index contributed by atoms with van der Waals surface area (Å²) < 4.78 is 15.7. The predicted octanol–water partition coefficient (Wildman–Crippen LogP) is 3.81. The van der Waals surface area contributed by atoms with E-state index in [1.165, 1.54) is 25.6 Å². The molecule has 1 atom stereocenters. The van der Waals surface area contributed by atoms with Crippen molar-refractivity contribution < 1.29 is 33.7 Å². The van der Waals surface area contributed by atoms with Crippen LogP contribution in [0.25, 0.3) is 5.76 Å². The highest BCUT2D eigenvalue weighted by atomic mass is 32.1. The number of rotatable bonds is 6. The van der Waals surface area contributed by atoms with Gasteiger partial charge in [-0.1, -0.05) is 6.07 Å². The van der Waals surface area contributed by atoms with Crippen LogP contribution in [0.4, 0.5) is 4.79 Å². The van der Waals surface area contributed by atoms with Crippen LogP contribution in [0.2, 0.25) is 0 Å². The van der Waals surface area contributed by atoms with Gasteiger partial charge in [-0.2, -0.15) is 0 Å². The van der Waals surface area contributed by atoms with Crippen LogP contribution in [0.1, 0.15) is 36.2 Å². The summed E-state index contributed by atoms with van der Waals surface area (Å²) in [4.78, 5) is 42.6. The Morgan fingerprint density at radius 3 is 2.43 bits per heavy atom. The van der Waals surface area contributed by atoms with E-state index in [2.05, 4.69) is 0 Å². The number of nitrogens with zero attached hydrogens (tertiary/aromatic N) is 2. The molecule has 10 heteroatoms. The number of carbonyl (C=O) groups is 3. The van der Waals surface area contributed by atoms with Crippen LogP contribution in [0, 0.1) is 0 Å². The first-order valence-electron chi connectivity index (χ1n) is 11.4. The van der Waals surface area contributed by atoms with Gasteiger partial charge in [0, 0.05) is 29.6 Å². The third-order valence-corrected chi connectivity index (χ3v) is 7.26. The van der Waals surface area contributed by atoms with Crippen LogP contribution in [0.3, 0.4) is 0 Å². The Bertz CT molecular complexity index is 1140. The first-order valence-corrected chi connectivity index (χ1v) is 12.3. The van der Waals surface area contributed by atoms with E-state index in [0.717, 1.165) is 4.88 Å². The minimum Gasteiger partial charge on any atom is -0.507 e. The van der Waals surface area contributed by atoms with Gasteiger partial charge in [0.2, 0.25) is 0 Å². The van der Waals surface area contributed by atoms with Gasteiger partial charge in [-0.25, -0.2) is 4.79 Å². The minimum atomic E-state index is -0.733. The quantitative estimate of drug-likeness (QED) is 0.365. The molecule has 186 valence electrons. The molecular formula is C25H28N2O7S. The fraction of sp³-hybridized carbons (Fsp3) is 0.400. The third-order valence-electron chi connectivity index (χ3n) is 6.33. The van der Waals surface area contributed by atoms with Gasteiger partial charge in [0.15, 0.2) is 11.5 Å².